The van der Waals surface area contributed by atoms with Crippen molar-refractivity contribution >= 4 is 28.4 Å². The Kier molecular flexibility index (Phi) is 6.46. The summed E-state index contributed by atoms with van der Waals surface area (Å²) in [4.78, 5) is 29.6. The average Bonchev–Trinajstić information content (AvgIpc) is 2.79. The molecule has 2 aromatic heterocycles. The molecule has 7 heteroatoms. The van der Waals surface area contributed by atoms with E-state index >= 15 is 0 Å². The van der Waals surface area contributed by atoms with Gasteiger partial charge in [0.1, 0.15) is 18.4 Å². The summed E-state index contributed by atoms with van der Waals surface area (Å²) in [6.07, 6.45) is 5.78. The van der Waals surface area contributed by atoms with Gasteiger partial charge in [0.05, 0.1) is 33.2 Å². The summed E-state index contributed by atoms with van der Waals surface area (Å²) >= 11 is 0. The monoisotopic (exact) mass is 433 g/mol. The zero-order valence-electron chi connectivity index (χ0n) is 18.8. The van der Waals surface area contributed by atoms with Crippen LogP contribution in [-0.2, 0) is 7.05 Å². The molecule has 1 aromatic carbocycles. The molecular formula is C25H31N5O2+2. The molecule has 0 aliphatic carbocycles. The van der Waals surface area contributed by atoms with Crippen LogP contribution in [0.4, 0.5) is 5.69 Å². The number of likely N-dealkylation sites (N-methyl/N-ethyl adjacent to an activating group) is 1. The number of carbonyl (C=O) groups excluding carboxylic acids is 2. The van der Waals surface area contributed by atoms with Crippen LogP contribution >= 0.6 is 0 Å². The number of anilines is 1. The molecule has 1 aliphatic rings. The van der Waals surface area contributed by atoms with E-state index in [4.69, 9.17) is 0 Å². The van der Waals surface area contributed by atoms with Gasteiger partial charge in [-0.2, -0.15) is 0 Å². The van der Waals surface area contributed by atoms with E-state index in [0.717, 1.165) is 35.0 Å². The molecule has 7 nitrogen and oxygen atoms in total. The van der Waals surface area contributed by atoms with Gasteiger partial charge in [-0.25, -0.2) is 9.55 Å². The van der Waals surface area contributed by atoms with Crippen LogP contribution in [0.3, 0.4) is 0 Å². The van der Waals surface area contributed by atoms with E-state index in [1.54, 1.807) is 18.2 Å². The summed E-state index contributed by atoms with van der Waals surface area (Å²) in [7, 11) is 4.23. The van der Waals surface area contributed by atoms with Crippen molar-refractivity contribution in [2.45, 2.75) is 19.3 Å². The molecule has 32 heavy (non-hydrogen) atoms. The molecule has 1 fully saturated rings. The average molecular weight is 434 g/mol. The number of nitrogens with one attached hydrogen (secondary N) is 2. The topological polar surface area (TPSA) is 75.0 Å². The molecule has 3 heterocycles. The summed E-state index contributed by atoms with van der Waals surface area (Å²) in [5.74, 6) is -0.591. The fourth-order valence-corrected chi connectivity index (χ4v) is 4.35. The van der Waals surface area contributed by atoms with Crippen molar-refractivity contribution in [3.63, 3.8) is 0 Å². The van der Waals surface area contributed by atoms with Gasteiger partial charge in [-0.3, -0.25) is 9.59 Å². The lowest BCUT2D eigenvalue weighted by molar-refractivity contribution is -0.912. The molecule has 0 spiro atoms. The molecule has 166 valence electrons. The largest absolute Gasteiger partial charge is 0.345 e. The number of aryl methyl sites for hydroxylation is 1. The number of quaternary nitrogens is 1. The third-order valence-corrected chi connectivity index (χ3v) is 6.30. The Morgan fingerprint density at radius 2 is 1.75 bits per heavy atom. The van der Waals surface area contributed by atoms with Gasteiger partial charge >= 0.3 is 0 Å². The first kappa shape index (κ1) is 21.9. The van der Waals surface area contributed by atoms with Crippen molar-refractivity contribution in [2.24, 2.45) is 7.05 Å². The second-order valence-corrected chi connectivity index (χ2v) is 8.86. The van der Waals surface area contributed by atoms with Gasteiger partial charge in [-0.05, 0) is 49.6 Å². The third kappa shape index (κ3) is 5.11. The fourth-order valence-electron chi connectivity index (χ4n) is 4.35. The maximum absolute atomic E-state index is 12.7. The van der Waals surface area contributed by atoms with Crippen molar-refractivity contribution < 1.29 is 18.6 Å². The molecule has 0 radical (unpaired) electrons. The van der Waals surface area contributed by atoms with Crippen molar-refractivity contribution in [1.82, 2.24) is 10.3 Å². The van der Waals surface area contributed by atoms with Crippen LogP contribution in [-0.4, -0.2) is 54.5 Å². The smallest absolute Gasteiger partial charge is 0.274 e. The summed E-state index contributed by atoms with van der Waals surface area (Å²) in [5.41, 5.74) is 2.22. The molecule has 3 aromatic rings. The summed E-state index contributed by atoms with van der Waals surface area (Å²) in [6.45, 7) is 3.83. The van der Waals surface area contributed by atoms with E-state index in [2.05, 4.69) is 22.7 Å². The Labute approximate surface area is 188 Å². The zero-order valence-corrected chi connectivity index (χ0v) is 18.8. The highest BCUT2D eigenvalue weighted by Gasteiger charge is 2.24. The summed E-state index contributed by atoms with van der Waals surface area (Å²) in [6, 6.07) is 14.7. The Hall–Kier alpha value is -3.32. The Bertz CT molecular complexity index is 1140. The van der Waals surface area contributed by atoms with Gasteiger partial charge in [0.2, 0.25) is 5.52 Å². The van der Waals surface area contributed by atoms with E-state index < -0.39 is 0 Å². The molecule has 2 amide bonds. The second-order valence-electron chi connectivity index (χ2n) is 8.86. The number of pyridine rings is 2. The molecular weight excluding hydrogens is 402 g/mol. The second kappa shape index (κ2) is 9.44. The first-order valence-corrected chi connectivity index (χ1v) is 11.2. The quantitative estimate of drug-likeness (QED) is 0.464. The first-order valence-electron chi connectivity index (χ1n) is 11.2. The number of carbonyl (C=O) groups is 2. The number of benzene rings is 1. The van der Waals surface area contributed by atoms with Crippen LogP contribution in [0.2, 0.25) is 0 Å². The molecule has 0 bridgehead atoms. The highest BCUT2D eigenvalue weighted by molar-refractivity contribution is 6.04. The number of amides is 2. The predicted molar refractivity (Wildman–Crippen MR) is 124 cm³/mol. The summed E-state index contributed by atoms with van der Waals surface area (Å²) in [5, 5.41) is 6.87. The molecule has 4 rings (SSSR count). The third-order valence-electron chi connectivity index (χ3n) is 6.30. The molecule has 1 aliphatic heterocycles. The van der Waals surface area contributed by atoms with Gasteiger partial charge in [0, 0.05) is 23.2 Å². The number of rotatable bonds is 6. The van der Waals surface area contributed by atoms with E-state index in [9.17, 15) is 9.59 Å². The number of likely N-dealkylation sites (tertiary alicyclic amines) is 1. The highest BCUT2D eigenvalue weighted by Crippen LogP contribution is 2.17. The minimum Gasteiger partial charge on any atom is -0.345 e. The van der Waals surface area contributed by atoms with Crippen LogP contribution in [0.5, 0.6) is 0 Å². The van der Waals surface area contributed by atoms with Gasteiger partial charge in [-0.15, -0.1) is 0 Å². The SMILES string of the molecule is C[n+]1cccc2cc(NC(=O)c3cccc(C(=O)NCC[N+]4(C)CCCCC4)n3)ccc21. The Balaban J connectivity index is 1.38. The number of nitrogens with zero attached hydrogens (tertiary/aromatic N) is 3. The van der Waals surface area contributed by atoms with Crippen molar-refractivity contribution in [3.8, 4) is 0 Å². The lowest BCUT2D eigenvalue weighted by atomic mass is 10.1. The predicted octanol–water partition coefficient (Wildman–Crippen LogP) is 2.67. The van der Waals surface area contributed by atoms with Gasteiger partial charge < -0.3 is 15.1 Å². The van der Waals surface area contributed by atoms with Crippen LogP contribution in [0.15, 0.2) is 54.7 Å². The molecule has 0 saturated carbocycles. The molecule has 0 unspecified atom stereocenters. The number of hydrogen-bond acceptors (Lipinski definition) is 3. The summed E-state index contributed by atoms with van der Waals surface area (Å²) < 4.78 is 3.03. The first-order chi connectivity index (χ1) is 15.4. The van der Waals surface area contributed by atoms with Gasteiger partial charge in [0.25, 0.3) is 11.8 Å². The Morgan fingerprint density at radius 1 is 1.00 bits per heavy atom. The zero-order chi connectivity index (χ0) is 22.6. The minimum absolute atomic E-state index is 0.214. The van der Waals surface area contributed by atoms with Crippen LogP contribution in [0.25, 0.3) is 10.9 Å². The van der Waals surface area contributed by atoms with Crippen molar-refractivity contribution in [2.75, 3.05) is 38.5 Å². The van der Waals surface area contributed by atoms with E-state index in [0.29, 0.717) is 12.2 Å². The highest BCUT2D eigenvalue weighted by atomic mass is 16.2. The lowest BCUT2D eigenvalue weighted by Crippen LogP contribution is -2.51. The Morgan fingerprint density at radius 3 is 2.53 bits per heavy atom. The molecule has 0 atom stereocenters. The van der Waals surface area contributed by atoms with Crippen LogP contribution in [0, 0.1) is 0 Å². The van der Waals surface area contributed by atoms with E-state index in [1.807, 2.05) is 48.1 Å². The maximum atomic E-state index is 12.7. The maximum Gasteiger partial charge on any atom is 0.274 e. The number of aromatic nitrogens is 2. The number of piperidine rings is 1. The minimum atomic E-state index is -0.342. The van der Waals surface area contributed by atoms with Gasteiger partial charge in [-0.1, -0.05) is 6.07 Å². The van der Waals surface area contributed by atoms with Crippen LogP contribution in [0.1, 0.15) is 40.2 Å². The normalized spacial score (nSPS) is 15.3. The van der Waals surface area contributed by atoms with E-state index in [-0.39, 0.29) is 23.2 Å². The molecule has 1 saturated heterocycles. The van der Waals surface area contributed by atoms with Crippen LogP contribution < -0.4 is 15.2 Å². The lowest BCUT2D eigenvalue weighted by Gasteiger charge is -2.37. The van der Waals surface area contributed by atoms with E-state index in [1.165, 1.54) is 19.3 Å². The van der Waals surface area contributed by atoms with Crippen molar-refractivity contribution in [1.29, 1.82) is 0 Å². The van der Waals surface area contributed by atoms with Crippen molar-refractivity contribution in [3.05, 3.63) is 66.1 Å². The van der Waals surface area contributed by atoms with Gasteiger partial charge in [0.15, 0.2) is 6.20 Å². The number of hydrogen-bond donors (Lipinski definition) is 2. The fraction of sp³-hybridized carbons (Fsp3) is 0.360. The molecule has 2 N–H and O–H groups in total. The number of fused-ring (bicyclic) bond motifs is 1. The standard InChI is InChI=1S/C25H29N5O2/c1-29-14-7-8-19-18-20(11-12-23(19)29)27-25(32)22-10-6-9-21(28-22)24(31)26-13-17-30(2)15-4-3-5-16-30/h6-12,14,18H,3-5,13,15-17H2,1-2H3/p+2.